The molecule has 17 heavy (non-hydrogen) atoms. The first-order valence-electron chi connectivity index (χ1n) is 5.21. The molecule has 1 atom stereocenters. The summed E-state index contributed by atoms with van der Waals surface area (Å²) >= 11 is 0. The number of benzene rings is 1. The molecule has 1 aromatic rings. The Morgan fingerprint density at radius 3 is 2.41 bits per heavy atom. The SMILES string of the molecule is O=C1CCC(=O)[C@@H](c2ccc(C(=O)[O-])cc2)N1. The number of carbonyl (C=O) groups is 3. The zero-order valence-electron chi connectivity index (χ0n) is 8.93. The van der Waals surface area contributed by atoms with E-state index in [2.05, 4.69) is 5.32 Å². The van der Waals surface area contributed by atoms with Crippen molar-refractivity contribution < 1.29 is 19.5 Å². The van der Waals surface area contributed by atoms with Gasteiger partial charge < -0.3 is 15.2 Å². The number of hydrogen-bond acceptors (Lipinski definition) is 4. The molecule has 1 amide bonds. The predicted octanol–water partition coefficient (Wildman–Crippen LogP) is -0.430. The Balaban J connectivity index is 2.24. The molecule has 1 saturated heterocycles. The number of piperidine rings is 1. The van der Waals surface area contributed by atoms with E-state index >= 15 is 0 Å². The van der Waals surface area contributed by atoms with Crippen molar-refractivity contribution in [3.05, 3.63) is 35.4 Å². The van der Waals surface area contributed by atoms with Crippen LogP contribution in [0, 0.1) is 0 Å². The van der Waals surface area contributed by atoms with Crippen LogP contribution in [-0.2, 0) is 9.59 Å². The first-order valence-corrected chi connectivity index (χ1v) is 5.21. The van der Waals surface area contributed by atoms with Crippen LogP contribution in [0.2, 0.25) is 0 Å². The molecule has 0 unspecified atom stereocenters. The van der Waals surface area contributed by atoms with Gasteiger partial charge in [0.05, 0.1) is 5.97 Å². The summed E-state index contributed by atoms with van der Waals surface area (Å²) in [7, 11) is 0. The minimum absolute atomic E-state index is 0.0448. The molecule has 1 heterocycles. The Hall–Kier alpha value is -2.17. The van der Waals surface area contributed by atoms with E-state index in [4.69, 9.17) is 0 Å². The van der Waals surface area contributed by atoms with Crippen molar-refractivity contribution in [3.8, 4) is 0 Å². The fraction of sp³-hybridized carbons (Fsp3) is 0.250. The molecule has 1 aromatic carbocycles. The number of ketones is 1. The van der Waals surface area contributed by atoms with E-state index in [1.807, 2.05) is 0 Å². The summed E-state index contributed by atoms with van der Waals surface area (Å²) in [4.78, 5) is 33.4. The van der Waals surface area contributed by atoms with E-state index in [0.717, 1.165) is 0 Å². The first kappa shape index (κ1) is 11.3. The summed E-state index contributed by atoms with van der Waals surface area (Å²) in [5.41, 5.74) is 0.636. The van der Waals surface area contributed by atoms with Gasteiger partial charge in [0.1, 0.15) is 6.04 Å². The highest BCUT2D eigenvalue weighted by Crippen LogP contribution is 2.20. The van der Waals surface area contributed by atoms with Crippen molar-refractivity contribution >= 4 is 17.7 Å². The van der Waals surface area contributed by atoms with Gasteiger partial charge in [-0.05, 0) is 11.1 Å². The molecule has 2 rings (SSSR count). The Kier molecular flexibility index (Phi) is 2.91. The van der Waals surface area contributed by atoms with Crippen LogP contribution in [0.1, 0.15) is 34.8 Å². The molecule has 88 valence electrons. The summed E-state index contributed by atoms with van der Waals surface area (Å²) in [6.45, 7) is 0. The standard InChI is InChI=1S/C12H11NO4/c14-9-5-6-10(15)13-11(9)7-1-3-8(4-2-7)12(16)17/h1-4,11H,5-6H2,(H,13,15)(H,16,17)/p-1/t11-/m1/s1. The summed E-state index contributed by atoms with van der Waals surface area (Å²) in [5.74, 6) is -1.50. The maximum absolute atomic E-state index is 11.6. The van der Waals surface area contributed by atoms with Gasteiger partial charge in [-0.25, -0.2) is 0 Å². The number of carbonyl (C=O) groups excluding carboxylic acids is 3. The van der Waals surface area contributed by atoms with Gasteiger partial charge in [-0.2, -0.15) is 0 Å². The van der Waals surface area contributed by atoms with Gasteiger partial charge in [0.25, 0.3) is 0 Å². The second-order valence-corrected chi connectivity index (χ2v) is 3.88. The highest BCUT2D eigenvalue weighted by molar-refractivity contribution is 5.96. The average molecular weight is 232 g/mol. The van der Waals surface area contributed by atoms with Crippen LogP contribution in [0.25, 0.3) is 0 Å². The lowest BCUT2D eigenvalue weighted by molar-refractivity contribution is -0.255. The van der Waals surface area contributed by atoms with Crippen molar-refractivity contribution in [3.63, 3.8) is 0 Å². The molecular weight excluding hydrogens is 222 g/mol. The molecule has 0 bridgehead atoms. The summed E-state index contributed by atoms with van der Waals surface area (Å²) in [6, 6.07) is 5.09. The fourth-order valence-electron chi connectivity index (χ4n) is 1.78. The van der Waals surface area contributed by atoms with Gasteiger partial charge in [0.2, 0.25) is 5.91 Å². The molecule has 1 aliphatic heterocycles. The van der Waals surface area contributed by atoms with Gasteiger partial charge in [-0.15, -0.1) is 0 Å². The quantitative estimate of drug-likeness (QED) is 0.749. The van der Waals surface area contributed by atoms with Gasteiger partial charge in [-0.1, -0.05) is 24.3 Å². The Labute approximate surface area is 97.4 Å². The lowest BCUT2D eigenvalue weighted by atomic mass is 9.95. The molecule has 5 heteroatoms. The zero-order chi connectivity index (χ0) is 12.4. The molecule has 0 spiro atoms. The first-order chi connectivity index (χ1) is 8.08. The molecule has 5 nitrogen and oxygen atoms in total. The average Bonchev–Trinajstić information content (AvgIpc) is 2.32. The van der Waals surface area contributed by atoms with Crippen LogP contribution in [0.5, 0.6) is 0 Å². The van der Waals surface area contributed by atoms with Crippen LogP contribution in [0.3, 0.4) is 0 Å². The second kappa shape index (κ2) is 4.37. The molecule has 0 aromatic heterocycles. The number of Topliss-reactive ketones (excluding diaryl/α,β-unsaturated/α-hetero) is 1. The highest BCUT2D eigenvalue weighted by Gasteiger charge is 2.27. The molecular formula is C12H10NO4-. The third-order valence-corrected chi connectivity index (χ3v) is 2.71. The number of rotatable bonds is 2. The molecule has 0 aliphatic carbocycles. The third-order valence-electron chi connectivity index (χ3n) is 2.71. The number of carboxylic acid groups (broad SMARTS) is 1. The van der Waals surface area contributed by atoms with Crippen LogP contribution in [-0.4, -0.2) is 17.7 Å². The number of aromatic carboxylic acids is 1. The minimum atomic E-state index is -1.27. The van der Waals surface area contributed by atoms with Crippen LogP contribution in [0.4, 0.5) is 0 Å². The Bertz CT molecular complexity index is 478. The van der Waals surface area contributed by atoms with Gasteiger partial charge in [0, 0.05) is 12.8 Å². The van der Waals surface area contributed by atoms with E-state index in [1.54, 1.807) is 0 Å². The van der Waals surface area contributed by atoms with Gasteiger partial charge >= 0.3 is 0 Å². The van der Waals surface area contributed by atoms with E-state index in [-0.39, 0.29) is 30.1 Å². The van der Waals surface area contributed by atoms with E-state index in [1.165, 1.54) is 24.3 Å². The van der Waals surface area contributed by atoms with E-state index < -0.39 is 12.0 Å². The Morgan fingerprint density at radius 1 is 1.18 bits per heavy atom. The van der Waals surface area contributed by atoms with Crippen LogP contribution in [0.15, 0.2) is 24.3 Å². The van der Waals surface area contributed by atoms with Gasteiger partial charge in [0.15, 0.2) is 5.78 Å². The minimum Gasteiger partial charge on any atom is -0.545 e. The molecule has 1 fully saturated rings. The summed E-state index contributed by atoms with van der Waals surface area (Å²) < 4.78 is 0. The number of hydrogen-bond donors (Lipinski definition) is 1. The number of nitrogens with one attached hydrogen (secondary N) is 1. The van der Waals surface area contributed by atoms with Crippen LogP contribution < -0.4 is 10.4 Å². The topological polar surface area (TPSA) is 86.3 Å². The van der Waals surface area contributed by atoms with Crippen molar-refractivity contribution in [2.45, 2.75) is 18.9 Å². The van der Waals surface area contributed by atoms with Crippen molar-refractivity contribution in [2.24, 2.45) is 0 Å². The molecule has 0 saturated carbocycles. The number of amides is 1. The summed E-state index contributed by atoms with van der Waals surface area (Å²) in [5, 5.41) is 13.1. The Morgan fingerprint density at radius 2 is 1.82 bits per heavy atom. The maximum atomic E-state index is 11.6. The van der Waals surface area contributed by atoms with Crippen molar-refractivity contribution in [1.82, 2.24) is 5.32 Å². The monoisotopic (exact) mass is 232 g/mol. The molecule has 0 radical (unpaired) electrons. The second-order valence-electron chi connectivity index (χ2n) is 3.88. The lowest BCUT2D eigenvalue weighted by Gasteiger charge is -2.22. The number of carboxylic acids is 1. The summed E-state index contributed by atoms with van der Waals surface area (Å²) in [6.07, 6.45) is 0.436. The largest absolute Gasteiger partial charge is 0.545 e. The smallest absolute Gasteiger partial charge is 0.221 e. The van der Waals surface area contributed by atoms with E-state index in [0.29, 0.717) is 5.56 Å². The zero-order valence-corrected chi connectivity index (χ0v) is 8.93. The van der Waals surface area contributed by atoms with Gasteiger partial charge in [-0.3, -0.25) is 9.59 Å². The lowest BCUT2D eigenvalue weighted by Crippen LogP contribution is -2.38. The molecule has 1 N–H and O–H groups in total. The van der Waals surface area contributed by atoms with Crippen molar-refractivity contribution in [2.75, 3.05) is 0 Å². The molecule has 1 aliphatic rings. The fourth-order valence-corrected chi connectivity index (χ4v) is 1.78. The van der Waals surface area contributed by atoms with Crippen molar-refractivity contribution in [1.29, 1.82) is 0 Å². The normalized spacial score (nSPS) is 19.9. The third kappa shape index (κ3) is 2.33. The van der Waals surface area contributed by atoms with E-state index in [9.17, 15) is 19.5 Å². The predicted molar refractivity (Wildman–Crippen MR) is 55.9 cm³/mol. The highest BCUT2D eigenvalue weighted by atomic mass is 16.4. The van der Waals surface area contributed by atoms with Crippen LogP contribution >= 0.6 is 0 Å². The maximum Gasteiger partial charge on any atom is 0.221 e.